The largest absolute Gasteiger partial charge is 0.493 e. The molecule has 0 aliphatic carbocycles. The Labute approximate surface area is 166 Å². The van der Waals surface area contributed by atoms with Crippen LogP contribution in [-0.4, -0.2) is 32.2 Å². The van der Waals surface area contributed by atoms with Gasteiger partial charge in [0.15, 0.2) is 0 Å². The zero-order valence-electron chi connectivity index (χ0n) is 14.8. The Hall–Kier alpha value is -3.19. The lowest BCUT2D eigenvalue weighted by molar-refractivity contribution is 0.318. The number of fused-ring (bicyclic) bond motifs is 1. The minimum Gasteiger partial charge on any atom is -0.493 e. The summed E-state index contributed by atoms with van der Waals surface area (Å²) in [5, 5.41) is 8.27. The average Bonchev–Trinajstić information content (AvgIpc) is 3.17. The standard InChI is InChI=1S/C20H17ClFN5O/c21-8-3-9-28-15-6-7-16-18(10-15)23-13-24-20(16)26-14-11-25-27(12-14)19-5-2-1-4-17(19)22/h1-2,4-7,10-13H,3,8-9H2,(H,23,24,26). The van der Waals surface area contributed by atoms with Crippen molar-refractivity contribution in [2.75, 3.05) is 17.8 Å². The molecule has 2 aromatic heterocycles. The summed E-state index contributed by atoms with van der Waals surface area (Å²) >= 11 is 5.67. The van der Waals surface area contributed by atoms with Crippen LogP contribution in [0.25, 0.3) is 16.6 Å². The molecule has 0 amide bonds. The third kappa shape index (κ3) is 3.89. The van der Waals surface area contributed by atoms with Crippen LogP contribution in [0.5, 0.6) is 5.75 Å². The van der Waals surface area contributed by atoms with Crippen LogP contribution in [0.2, 0.25) is 0 Å². The number of nitrogens with zero attached hydrogens (tertiary/aromatic N) is 4. The van der Waals surface area contributed by atoms with Gasteiger partial charge < -0.3 is 10.1 Å². The highest BCUT2D eigenvalue weighted by molar-refractivity contribution is 6.17. The predicted molar refractivity (Wildman–Crippen MR) is 107 cm³/mol. The molecule has 6 nitrogen and oxygen atoms in total. The second-order valence-corrected chi connectivity index (χ2v) is 6.42. The number of ether oxygens (including phenoxy) is 1. The van der Waals surface area contributed by atoms with Crippen LogP contribution in [0.4, 0.5) is 15.9 Å². The Morgan fingerprint density at radius 1 is 1.14 bits per heavy atom. The molecule has 8 heteroatoms. The van der Waals surface area contributed by atoms with E-state index in [2.05, 4.69) is 20.4 Å². The number of hydrogen-bond acceptors (Lipinski definition) is 5. The third-order valence-corrected chi connectivity index (χ3v) is 4.37. The summed E-state index contributed by atoms with van der Waals surface area (Å²) in [4.78, 5) is 8.62. The number of hydrogen-bond donors (Lipinski definition) is 1. The molecule has 142 valence electrons. The van der Waals surface area contributed by atoms with E-state index >= 15 is 0 Å². The van der Waals surface area contributed by atoms with Crippen LogP contribution in [-0.2, 0) is 0 Å². The van der Waals surface area contributed by atoms with Gasteiger partial charge in [0.05, 0.1) is 30.2 Å². The zero-order chi connectivity index (χ0) is 19.3. The molecule has 0 saturated heterocycles. The summed E-state index contributed by atoms with van der Waals surface area (Å²) in [7, 11) is 0. The molecule has 4 rings (SSSR count). The smallest absolute Gasteiger partial charge is 0.148 e. The molecule has 28 heavy (non-hydrogen) atoms. The maximum absolute atomic E-state index is 13.9. The molecular weight excluding hydrogens is 381 g/mol. The van der Waals surface area contributed by atoms with Crippen molar-refractivity contribution in [3.8, 4) is 11.4 Å². The number of para-hydroxylation sites is 1. The van der Waals surface area contributed by atoms with Crippen molar-refractivity contribution in [1.82, 2.24) is 19.7 Å². The summed E-state index contributed by atoms with van der Waals surface area (Å²) in [6, 6.07) is 12.1. The molecule has 0 saturated carbocycles. The molecule has 0 aliphatic rings. The normalized spacial score (nSPS) is 10.9. The molecule has 0 unspecified atom stereocenters. The number of halogens is 2. The number of rotatable bonds is 7. The van der Waals surface area contributed by atoms with E-state index in [0.29, 0.717) is 29.7 Å². The van der Waals surface area contributed by atoms with E-state index in [9.17, 15) is 4.39 Å². The van der Waals surface area contributed by atoms with Crippen LogP contribution in [0.3, 0.4) is 0 Å². The van der Waals surface area contributed by atoms with E-state index in [-0.39, 0.29) is 5.82 Å². The van der Waals surface area contributed by atoms with Gasteiger partial charge in [0, 0.05) is 17.3 Å². The number of alkyl halides is 1. The summed E-state index contributed by atoms with van der Waals surface area (Å²) in [5.74, 6) is 1.58. The van der Waals surface area contributed by atoms with Gasteiger partial charge in [0.2, 0.25) is 0 Å². The average molecular weight is 398 g/mol. The van der Waals surface area contributed by atoms with Crippen molar-refractivity contribution in [3.05, 3.63) is 67.0 Å². The van der Waals surface area contributed by atoms with Gasteiger partial charge in [-0.25, -0.2) is 19.0 Å². The van der Waals surface area contributed by atoms with Crippen molar-refractivity contribution in [3.63, 3.8) is 0 Å². The Morgan fingerprint density at radius 3 is 2.89 bits per heavy atom. The first-order chi connectivity index (χ1) is 13.7. The Morgan fingerprint density at radius 2 is 2.04 bits per heavy atom. The molecule has 0 fully saturated rings. The first-order valence-electron chi connectivity index (χ1n) is 8.75. The molecule has 0 atom stereocenters. The second-order valence-electron chi connectivity index (χ2n) is 6.04. The first kappa shape index (κ1) is 18.2. The van der Waals surface area contributed by atoms with Crippen molar-refractivity contribution in [2.45, 2.75) is 6.42 Å². The third-order valence-electron chi connectivity index (χ3n) is 4.10. The van der Waals surface area contributed by atoms with Gasteiger partial charge in [-0.1, -0.05) is 12.1 Å². The zero-order valence-corrected chi connectivity index (χ0v) is 15.6. The van der Waals surface area contributed by atoms with Crippen LogP contribution in [0, 0.1) is 5.82 Å². The van der Waals surface area contributed by atoms with Gasteiger partial charge in [-0.2, -0.15) is 5.10 Å². The Bertz CT molecular complexity index is 1100. The van der Waals surface area contributed by atoms with Crippen LogP contribution < -0.4 is 10.1 Å². The first-order valence-corrected chi connectivity index (χ1v) is 9.28. The number of aromatic nitrogens is 4. The number of nitrogens with one attached hydrogen (secondary N) is 1. The van der Waals surface area contributed by atoms with Gasteiger partial charge in [-0.05, 0) is 30.7 Å². The summed E-state index contributed by atoms with van der Waals surface area (Å²) < 4.78 is 21.1. The van der Waals surface area contributed by atoms with Gasteiger partial charge in [0.1, 0.15) is 29.4 Å². The van der Waals surface area contributed by atoms with E-state index in [0.717, 1.165) is 23.1 Å². The monoisotopic (exact) mass is 397 g/mol. The van der Waals surface area contributed by atoms with Gasteiger partial charge in [-0.3, -0.25) is 0 Å². The molecule has 2 aromatic carbocycles. The Balaban J connectivity index is 1.57. The number of anilines is 2. The van der Waals surface area contributed by atoms with Crippen LogP contribution >= 0.6 is 11.6 Å². The lowest BCUT2D eigenvalue weighted by atomic mass is 10.2. The van der Waals surface area contributed by atoms with E-state index < -0.39 is 0 Å². The molecule has 0 aliphatic heterocycles. The van der Waals surface area contributed by atoms with E-state index in [1.165, 1.54) is 17.1 Å². The topological polar surface area (TPSA) is 64.9 Å². The fourth-order valence-corrected chi connectivity index (χ4v) is 2.87. The summed E-state index contributed by atoms with van der Waals surface area (Å²) in [6.07, 6.45) is 5.58. The van der Waals surface area contributed by atoms with Crippen molar-refractivity contribution >= 4 is 34.0 Å². The van der Waals surface area contributed by atoms with Gasteiger partial charge in [0.25, 0.3) is 0 Å². The van der Waals surface area contributed by atoms with Crippen molar-refractivity contribution < 1.29 is 9.13 Å². The molecule has 0 bridgehead atoms. The van der Waals surface area contributed by atoms with Crippen molar-refractivity contribution in [1.29, 1.82) is 0 Å². The quantitative estimate of drug-likeness (QED) is 0.361. The predicted octanol–water partition coefficient (Wildman–Crippen LogP) is 4.71. The maximum atomic E-state index is 13.9. The minimum atomic E-state index is -0.341. The highest BCUT2D eigenvalue weighted by atomic mass is 35.5. The molecule has 1 N–H and O–H groups in total. The van der Waals surface area contributed by atoms with Gasteiger partial charge >= 0.3 is 0 Å². The van der Waals surface area contributed by atoms with E-state index in [4.69, 9.17) is 16.3 Å². The maximum Gasteiger partial charge on any atom is 0.148 e. The second kappa shape index (κ2) is 8.22. The molecule has 0 spiro atoms. The lowest BCUT2D eigenvalue weighted by Crippen LogP contribution is -1.99. The molecular formula is C20H17ClFN5O. The molecule has 0 radical (unpaired) electrons. The fraction of sp³-hybridized carbons (Fsp3) is 0.150. The highest BCUT2D eigenvalue weighted by Crippen LogP contribution is 2.26. The highest BCUT2D eigenvalue weighted by Gasteiger charge is 2.09. The summed E-state index contributed by atoms with van der Waals surface area (Å²) in [6.45, 7) is 0.556. The number of benzene rings is 2. The minimum absolute atomic E-state index is 0.341. The molecule has 4 aromatic rings. The lowest BCUT2D eigenvalue weighted by Gasteiger charge is -2.09. The SMILES string of the molecule is Fc1ccccc1-n1cc(Nc2ncnc3cc(OCCCCl)ccc23)cn1. The summed E-state index contributed by atoms with van der Waals surface area (Å²) in [5.41, 5.74) is 1.81. The van der Waals surface area contributed by atoms with E-state index in [1.807, 2.05) is 18.2 Å². The Kier molecular flexibility index (Phi) is 5.34. The van der Waals surface area contributed by atoms with Gasteiger partial charge in [-0.15, -0.1) is 11.6 Å². The van der Waals surface area contributed by atoms with Crippen LogP contribution in [0.1, 0.15) is 6.42 Å². The van der Waals surface area contributed by atoms with E-state index in [1.54, 1.807) is 30.6 Å². The molecule has 2 heterocycles. The van der Waals surface area contributed by atoms with Crippen LogP contribution in [0.15, 0.2) is 61.2 Å². The van der Waals surface area contributed by atoms with Crippen molar-refractivity contribution in [2.24, 2.45) is 0 Å². The fourth-order valence-electron chi connectivity index (χ4n) is 2.76.